The summed E-state index contributed by atoms with van der Waals surface area (Å²) in [6.45, 7) is 0. The number of aromatic nitrogens is 2. The molecule has 0 bridgehead atoms. The second-order valence-electron chi connectivity index (χ2n) is 5.63. The van der Waals surface area contributed by atoms with Gasteiger partial charge in [0.15, 0.2) is 5.78 Å². The lowest BCUT2D eigenvalue weighted by atomic mass is 10.1. The fourth-order valence-corrected chi connectivity index (χ4v) is 4.10. The third kappa shape index (κ3) is 3.15. The second kappa shape index (κ2) is 6.54. The smallest absolute Gasteiger partial charge is 0.185 e. The Kier molecular flexibility index (Phi) is 4.23. The van der Waals surface area contributed by atoms with Gasteiger partial charge < -0.3 is 5.32 Å². The maximum atomic E-state index is 12.5. The molecule has 0 radical (unpaired) electrons. The zero-order valence-corrected chi connectivity index (χ0v) is 15.8. The third-order valence-corrected chi connectivity index (χ3v) is 5.73. The SMILES string of the molecule is Cn1ncc(Br)c1/C=C/C(=O)c1ccc2c(c1)Nc1ccccc1S2. The van der Waals surface area contributed by atoms with Gasteiger partial charge in [-0.2, -0.15) is 5.10 Å². The van der Waals surface area contributed by atoms with E-state index in [0.29, 0.717) is 5.56 Å². The van der Waals surface area contributed by atoms with Crippen LogP contribution in [0.25, 0.3) is 6.08 Å². The van der Waals surface area contributed by atoms with Crippen LogP contribution in [0, 0.1) is 0 Å². The van der Waals surface area contributed by atoms with Crippen LogP contribution in [0.4, 0.5) is 11.4 Å². The number of fused-ring (bicyclic) bond motifs is 2. The maximum Gasteiger partial charge on any atom is 0.185 e. The van der Waals surface area contributed by atoms with Gasteiger partial charge in [-0.1, -0.05) is 23.9 Å². The molecule has 25 heavy (non-hydrogen) atoms. The molecule has 2 aromatic carbocycles. The van der Waals surface area contributed by atoms with Gasteiger partial charge in [-0.15, -0.1) is 0 Å². The molecule has 1 aromatic heterocycles. The average Bonchev–Trinajstić information content (AvgIpc) is 2.95. The Morgan fingerprint density at radius 1 is 1.20 bits per heavy atom. The van der Waals surface area contributed by atoms with Gasteiger partial charge in [-0.05, 0) is 58.4 Å². The lowest BCUT2D eigenvalue weighted by Crippen LogP contribution is -2.02. The van der Waals surface area contributed by atoms with Gasteiger partial charge in [0.05, 0.1) is 27.7 Å². The number of ketones is 1. The van der Waals surface area contributed by atoms with Gasteiger partial charge >= 0.3 is 0 Å². The fourth-order valence-electron chi connectivity index (χ4n) is 2.65. The number of halogens is 1. The van der Waals surface area contributed by atoms with Crippen LogP contribution >= 0.6 is 27.7 Å². The van der Waals surface area contributed by atoms with Crippen molar-refractivity contribution >= 4 is 50.9 Å². The van der Waals surface area contributed by atoms with Crippen molar-refractivity contribution < 1.29 is 4.79 Å². The minimum Gasteiger partial charge on any atom is -0.354 e. The highest BCUT2D eigenvalue weighted by atomic mass is 79.9. The highest BCUT2D eigenvalue weighted by Gasteiger charge is 2.16. The highest BCUT2D eigenvalue weighted by molar-refractivity contribution is 9.10. The summed E-state index contributed by atoms with van der Waals surface area (Å²) in [6, 6.07) is 13.9. The van der Waals surface area contributed by atoms with E-state index in [9.17, 15) is 4.79 Å². The van der Waals surface area contributed by atoms with Gasteiger partial charge in [0.2, 0.25) is 0 Å². The van der Waals surface area contributed by atoms with Crippen molar-refractivity contribution in [3.63, 3.8) is 0 Å². The third-order valence-electron chi connectivity index (χ3n) is 3.97. The van der Waals surface area contributed by atoms with Crippen LogP contribution in [-0.4, -0.2) is 15.6 Å². The molecular weight excluding hydrogens is 398 g/mol. The number of para-hydroxylation sites is 1. The number of hydrogen-bond acceptors (Lipinski definition) is 4. The van der Waals surface area contributed by atoms with Gasteiger partial charge in [0.25, 0.3) is 0 Å². The molecule has 0 unspecified atom stereocenters. The van der Waals surface area contributed by atoms with Crippen molar-refractivity contribution in [2.45, 2.75) is 9.79 Å². The van der Waals surface area contributed by atoms with Crippen LogP contribution in [0.3, 0.4) is 0 Å². The molecule has 4 rings (SSSR count). The zero-order valence-electron chi connectivity index (χ0n) is 13.4. The summed E-state index contributed by atoms with van der Waals surface area (Å²) in [5, 5.41) is 7.55. The summed E-state index contributed by atoms with van der Waals surface area (Å²) >= 11 is 5.14. The molecule has 0 aliphatic carbocycles. The topological polar surface area (TPSA) is 46.9 Å². The van der Waals surface area contributed by atoms with E-state index in [1.807, 2.05) is 43.4 Å². The minimum atomic E-state index is -0.0402. The summed E-state index contributed by atoms with van der Waals surface area (Å²) in [7, 11) is 1.84. The number of rotatable bonds is 3. The van der Waals surface area contributed by atoms with Crippen LogP contribution in [0.1, 0.15) is 16.1 Å². The molecule has 0 fully saturated rings. The first-order valence-corrected chi connectivity index (χ1v) is 9.30. The van der Waals surface area contributed by atoms with Crippen LogP contribution in [0.5, 0.6) is 0 Å². The van der Waals surface area contributed by atoms with Crippen molar-refractivity contribution in [3.8, 4) is 0 Å². The number of anilines is 2. The molecular formula is C19H14BrN3OS. The van der Waals surface area contributed by atoms with Crippen molar-refractivity contribution in [2.24, 2.45) is 7.05 Å². The van der Waals surface area contributed by atoms with Crippen LogP contribution in [0.15, 0.2) is 69.0 Å². The zero-order chi connectivity index (χ0) is 17.4. The average molecular weight is 412 g/mol. The number of nitrogens with one attached hydrogen (secondary N) is 1. The number of carbonyl (C=O) groups is 1. The van der Waals surface area contributed by atoms with E-state index in [0.717, 1.165) is 26.4 Å². The molecule has 2 heterocycles. The number of nitrogens with zero attached hydrogens (tertiary/aromatic N) is 2. The predicted molar refractivity (Wildman–Crippen MR) is 105 cm³/mol. The standard InChI is InChI=1S/C19H14BrN3OS/c1-23-16(13(20)11-21-23)7-8-17(24)12-6-9-19-15(10-12)22-14-4-2-3-5-18(14)25-19/h2-11,22H,1H3/b8-7+. The molecule has 1 aliphatic heterocycles. The van der Waals surface area contributed by atoms with E-state index in [-0.39, 0.29) is 5.78 Å². The van der Waals surface area contributed by atoms with Crippen molar-refractivity contribution in [1.82, 2.24) is 9.78 Å². The lowest BCUT2D eigenvalue weighted by molar-refractivity contribution is 0.104. The van der Waals surface area contributed by atoms with E-state index in [1.165, 1.54) is 4.90 Å². The van der Waals surface area contributed by atoms with Crippen molar-refractivity contribution in [3.05, 3.63) is 70.5 Å². The van der Waals surface area contributed by atoms with Gasteiger partial charge in [0, 0.05) is 22.4 Å². The Morgan fingerprint density at radius 2 is 2.00 bits per heavy atom. The van der Waals surface area contributed by atoms with Gasteiger partial charge in [-0.3, -0.25) is 9.48 Å². The molecule has 124 valence electrons. The normalized spacial score (nSPS) is 12.6. The van der Waals surface area contributed by atoms with Crippen LogP contribution < -0.4 is 5.32 Å². The molecule has 6 heteroatoms. The molecule has 0 atom stereocenters. The quantitative estimate of drug-likeness (QED) is 0.367. The van der Waals surface area contributed by atoms with Crippen molar-refractivity contribution in [1.29, 1.82) is 0 Å². The fraction of sp³-hybridized carbons (Fsp3) is 0.0526. The monoisotopic (exact) mass is 411 g/mol. The van der Waals surface area contributed by atoms with E-state index in [2.05, 4.69) is 32.4 Å². The number of aryl methyl sites for hydroxylation is 1. The molecule has 1 N–H and O–H groups in total. The first-order valence-electron chi connectivity index (χ1n) is 7.70. The lowest BCUT2D eigenvalue weighted by Gasteiger charge is -2.20. The highest BCUT2D eigenvalue weighted by Crippen LogP contribution is 2.44. The largest absolute Gasteiger partial charge is 0.354 e. The molecule has 1 aliphatic rings. The summed E-state index contributed by atoms with van der Waals surface area (Å²) in [5.41, 5.74) is 3.54. The van der Waals surface area contributed by atoms with E-state index < -0.39 is 0 Å². The molecule has 0 spiro atoms. The Balaban J connectivity index is 1.59. The Morgan fingerprint density at radius 3 is 2.80 bits per heavy atom. The van der Waals surface area contributed by atoms with E-state index >= 15 is 0 Å². The number of carbonyl (C=O) groups excluding carboxylic acids is 1. The first kappa shape index (κ1) is 16.2. The molecule has 4 nitrogen and oxygen atoms in total. The molecule has 0 saturated heterocycles. The van der Waals surface area contributed by atoms with Crippen LogP contribution in [-0.2, 0) is 7.05 Å². The van der Waals surface area contributed by atoms with E-state index in [1.54, 1.807) is 34.8 Å². The van der Waals surface area contributed by atoms with Gasteiger partial charge in [0.1, 0.15) is 0 Å². The van der Waals surface area contributed by atoms with Gasteiger partial charge in [-0.25, -0.2) is 0 Å². The number of benzene rings is 2. The maximum absolute atomic E-state index is 12.5. The predicted octanol–water partition coefficient (Wildman–Crippen LogP) is 5.29. The number of allylic oxidation sites excluding steroid dienone is 1. The van der Waals surface area contributed by atoms with Crippen molar-refractivity contribution in [2.75, 3.05) is 5.32 Å². The summed E-state index contributed by atoms with van der Waals surface area (Å²) in [5.74, 6) is -0.0402. The molecule has 0 saturated carbocycles. The number of hydrogen-bond donors (Lipinski definition) is 1. The van der Waals surface area contributed by atoms with E-state index in [4.69, 9.17) is 0 Å². The second-order valence-corrected chi connectivity index (χ2v) is 7.57. The first-order chi connectivity index (χ1) is 12.1. The Hall–Kier alpha value is -2.31. The summed E-state index contributed by atoms with van der Waals surface area (Å²) in [6.07, 6.45) is 5.06. The van der Waals surface area contributed by atoms with Crippen LogP contribution in [0.2, 0.25) is 0 Å². The Labute approximate surface area is 158 Å². The molecule has 3 aromatic rings. The summed E-state index contributed by atoms with van der Waals surface area (Å²) in [4.78, 5) is 14.8. The Bertz CT molecular complexity index is 990. The molecule has 0 amide bonds. The summed E-state index contributed by atoms with van der Waals surface area (Å²) < 4.78 is 2.58. The minimum absolute atomic E-state index is 0.0402.